The average molecular weight is 296 g/mol. The first kappa shape index (κ1) is 14.8. The van der Waals surface area contributed by atoms with E-state index in [1.807, 2.05) is 26.8 Å². The number of nitrogens with one attached hydrogen (secondary N) is 2. The molecule has 2 aromatic rings. The standard InChI is InChI=1S/C13H20N4O2S/c1-4-14-12-13(20(18,19)15-9-10(2)3)17-8-6-5-7-11(17)16-12/h5-8,10,14-15H,4,9H2,1-3H3. The van der Waals surface area contributed by atoms with Gasteiger partial charge < -0.3 is 5.32 Å². The normalized spacial score (nSPS) is 12.2. The molecule has 0 aromatic carbocycles. The third-order valence-corrected chi connectivity index (χ3v) is 4.21. The van der Waals surface area contributed by atoms with Gasteiger partial charge in [0.1, 0.15) is 5.65 Å². The Hall–Kier alpha value is -1.60. The van der Waals surface area contributed by atoms with Crippen LogP contribution < -0.4 is 10.0 Å². The Kier molecular flexibility index (Phi) is 4.29. The largest absolute Gasteiger partial charge is 0.368 e. The number of aromatic nitrogens is 2. The first-order chi connectivity index (χ1) is 9.45. The zero-order valence-electron chi connectivity index (χ0n) is 11.9. The molecule has 20 heavy (non-hydrogen) atoms. The van der Waals surface area contributed by atoms with Crippen LogP contribution in [0.1, 0.15) is 20.8 Å². The molecule has 2 heterocycles. The second-order valence-electron chi connectivity index (χ2n) is 4.97. The number of hydrogen-bond acceptors (Lipinski definition) is 4. The van der Waals surface area contributed by atoms with Gasteiger partial charge in [-0.3, -0.25) is 4.40 Å². The number of pyridine rings is 1. The van der Waals surface area contributed by atoms with Crippen LogP contribution in [-0.2, 0) is 10.0 Å². The van der Waals surface area contributed by atoms with Gasteiger partial charge in [-0.2, -0.15) is 0 Å². The molecule has 0 atom stereocenters. The molecule has 0 aliphatic rings. The third kappa shape index (κ3) is 2.94. The minimum Gasteiger partial charge on any atom is -0.368 e. The number of sulfonamides is 1. The minimum atomic E-state index is -3.60. The summed E-state index contributed by atoms with van der Waals surface area (Å²) in [6, 6.07) is 5.39. The van der Waals surface area contributed by atoms with Crippen molar-refractivity contribution in [2.24, 2.45) is 5.92 Å². The first-order valence-corrected chi connectivity index (χ1v) is 8.14. The van der Waals surface area contributed by atoms with Crippen LogP contribution in [0.25, 0.3) is 5.65 Å². The Morgan fingerprint density at radius 3 is 2.75 bits per heavy atom. The van der Waals surface area contributed by atoms with Crippen molar-refractivity contribution in [1.29, 1.82) is 0 Å². The topological polar surface area (TPSA) is 75.5 Å². The van der Waals surface area contributed by atoms with E-state index in [-0.39, 0.29) is 10.9 Å². The maximum atomic E-state index is 12.5. The van der Waals surface area contributed by atoms with Crippen molar-refractivity contribution in [1.82, 2.24) is 14.1 Å². The number of fused-ring (bicyclic) bond motifs is 1. The Bertz CT molecular complexity index is 691. The van der Waals surface area contributed by atoms with E-state index in [4.69, 9.17) is 0 Å². The summed E-state index contributed by atoms with van der Waals surface area (Å²) in [5, 5.41) is 3.17. The highest BCUT2D eigenvalue weighted by molar-refractivity contribution is 7.89. The summed E-state index contributed by atoms with van der Waals surface area (Å²) in [6.07, 6.45) is 1.70. The van der Waals surface area contributed by atoms with Crippen molar-refractivity contribution in [3.8, 4) is 0 Å². The molecule has 0 unspecified atom stereocenters. The van der Waals surface area contributed by atoms with Crippen LogP contribution in [0.15, 0.2) is 29.4 Å². The van der Waals surface area contributed by atoms with Crippen molar-refractivity contribution >= 4 is 21.5 Å². The van der Waals surface area contributed by atoms with Crippen LogP contribution in [-0.4, -0.2) is 30.9 Å². The van der Waals surface area contributed by atoms with Gasteiger partial charge in [-0.05, 0) is 25.0 Å². The van der Waals surface area contributed by atoms with Gasteiger partial charge in [0.2, 0.25) is 0 Å². The van der Waals surface area contributed by atoms with Gasteiger partial charge in [0.05, 0.1) is 0 Å². The Labute approximate surface area is 119 Å². The molecule has 0 bridgehead atoms. The summed E-state index contributed by atoms with van der Waals surface area (Å²) in [7, 11) is -3.60. The molecule has 2 aromatic heterocycles. The third-order valence-electron chi connectivity index (χ3n) is 2.77. The van der Waals surface area contributed by atoms with E-state index in [0.29, 0.717) is 24.6 Å². The molecular formula is C13H20N4O2S. The van der Waals surface area contributed by atoms with Gasteiger partial charge in [-0.15, -0.1) is 0 Å². The highest BCUT2D eigenvalue weighted by Gasteiger charge is 2.24. The number of imidazole rings is 1. The van der Waals surface area contributed by atoms with Crippen LogP contribution in [0, 0.1) is 5.92 Å². The van der Waals surface area contributed by atoms with E-state index in [2.05, 4.69) is 15.0 Å². The fourth-order valence-corrected chi connectivity index (χ4v) is 3.33. The van der Waals surface area contributed by atoms with Gasteiger partial charge >= 0.3 is 0 Å². The van der Waals surface area contributed by atoms with E-state index in [0.717, 1.165) is 0 Å². The lowest BCUT2D eigenvalue weighted by atomic mass is 10.2. The van der Waals surface area contributed by atoms with Crippen molar-refractivity contribution in [2.75, 3.05) is 18.4 Å². The van der Waals surface area contributed by atoms with Crippen LogP contribution in [0.3, 0.4) is 0 Å². The zero-order chi connectivity index (χ0) is 14.8. The summed E-state index contributed by atoms with van der Waals surface area (Å²) in [5.74, 6) is 0.626. The van der Waals surface area contributed by atoms with Crippen LogP contribution in [0.4, 0.5) is 5.82 Å². The Morgan fingerprint density at radius 1 is 1.35 bits per heavy atom. The van der Waals surface area contributed by atoms with Gasteiger partial charge in [0, 0.05) is 19.3 Å². The maximum absolute atomic E-state index is 12.5. The zero-order valence-corrected chi connectivity index (χ0v) is 12.7. The van der Waals surface area contributed by atoms with Gasteiger partial charge in [0.25, 0.3) is 10.0 Å². The molecule has 0 aliphatic heterocycles. The van der Waals surface area contributed by atoms with E-state index >= 15 is 0 Å². The predicted molar refractivity (Wildman–Crippen MR) is 79.4 cm³/mol. The number of anilines is 1. The van der Waals surface area contributed by atoms with Crippen LogP contribution in [0.2, 0.25) is 0 Å². The molecule has 0 saturated carbocycles. The quantitative estimate of drug-likeness (QED) is 0.851. The fourth-order valence-electron chi connectivity index (χ4n) is 1.86. The Balaban J connectivity index is 2.53. The molecule has 2 rings (SSSR count). The number of hydrogen-bond donors (Lipinski definition) is 2. The van der Waals surface area contributed by atoms with Crippen LogP contribution in [0.5, 0.6) is 0 Å². The molecule has 2 N–H and O–H groups in total. The van der Waals surface area contributed by atoms with E-state index < -0.39 is 10.0 Å². The molecule has 0 spiro atoms. The molecule has 0 fully saturated rings. The lowest BCUT2D eigenvalue weighted by Crippen LogP contribution is -2.29. The first-order valence-electron chi connectivity index (χ1n) is 6.66. The highest BCUT2D eigenvalue weighted by Crippen LogP contribution is 2.22. The van der Waals surface area contributed by atoms with Gasteiger partial charge in [-0.1, -0.05) is 19.9 Å². The van der Waals surface area contributed by atoms with Crippen molar-refractivity contribution in [3.05, 3.63) is 24.4 Å². The fraction of sp³-hybridized carbons (Fsp3) is 0.462. The summed E-state index contributed by atoms with van der Waals surface area (Å²) in [6.45, 7) is 6.83. The maximum Gasteiger partial charge on any atom is 0.260 e. The summed E-state index contributed by atoms with van der Waals surface area (Å²) in [5.41, 5.74) is 0.605. The van der Waals surface area contributed by atoms with Crippen molar-refractivity contribution in [2.45, 2.75) is 25.8 Å². The van der Waals surface area contributed by atoms with Crippen molar-refractivity contribution in [3.63, 3.8) is 0 Å². The molecular weight excluding hydrogens is 276 g/mol. The van der Waals surface area contributed by atoms with Gasteiger partial charge in [-0.25, -0.2) is 18.1 Å². The summed E-state index contributed by atoms with van der Waals surface area (Å²) < 4.78 is 29.2. The molecule has 6 nitrogen and oxygen atoms in total. The van der Waals surface area contributed by atoms with E-state index in [9.17, 15) is 8.42 Å². The Morgan fingerprint density at radius 2 is 2.10 bits per heavy atom. The molecule has 0 amide bonds. The molecule has 7 heteroatoms. The van der Waals surface area contributed by atoms with E-state index in [1.54, 1.807) is 22.7 Å². The highest BCUT2D eigenvalue weighted by atomic mass is 32.2. The number of rotatable bonds is 6. The molecule has 0 saturated heterocycles. The van der Waals surface area contributed by atoms with Gasteiger partial charge in [0.15, 0.2) is 10.8 Å². The molecule has 110 valence electrons. The lowest BCUT2D eigenvalue weighted by molar-refractivity contribution is 0.556. The van der Waals surface area contributed by atoms with E-state index in [1.165, 1.54) is 0 Å². The molecule has 0 radical (unpaired) electrons. The minimum absolute atomic E-state index is 0.163. The second-order valence-corrected chi connectivity index (χ2v) is 6.65. The smallest absolute Gasteiger partial charge is 0.260 e. The van der Waals surface area contributed by atoms with Crippen molar-refractivity contribution < 1.29 is 8.42 Å². The monoisotopic (exact) mass is 296 g/mol. The predicted octanol–water partition coefficient (Wildman–Crippen LogP) is 1.70. The second kappa shape index (κ2) is 5.80. The lowest BCUT2D eigenvalue weighted by Gasteiger charge is -2.10. The number of nitrogens with zero attached hydrogens (tertiary/aromatic N) is 2. The SMILES string of the molecule is CCNc1nc2ccccn2c1S(=O)(=O)NCC(C)C. The average Bonchev–Trinajstić information content (AvgIpc) is 2.75. The summed E-state index contributed by atoms with van der Waals surface area (Å²) in [4.78, 5) is 4.33. The van der Waals surface area contributed by atoms with Crippen LogP contribution >= 0.6 is 0 Å². The molecule has 0 aliphatic carbocycles. The summed E-state index contributed by atoms with van der Waals surface area (Å²) >= 11 is 0.